The van der Waals surface area contributed by atoms with E-state index in [1.54, 1.807) is 38.3 Å². The number of H-pyrrole nitrogens is 2. The van der Waals surface area contributed by atoms with E-state index < -0.39 is 23.4 Å². The Morgan fingerprint density at radius 3 is 2.78 bits per heavy atom. The summed E-state index contributed by atoms with van der Waals surface area (Å²) in [5, 5.41) is 16.5. The van der Waals surface area contributed by atoms with Gasteiger partial charge < -0.3 is 24.4 Å². The molecule has 0 radical (unpaired) electrons. The van der Waals surface area contributed by atoms with Gasteiger partial charge in [0, 0.05) is 30.7 Å². The standard InChI is InChI=1S/C19H24N2O6/c1-19(24)10-13-15(17(22)21-20-13)14(11-5-4-6-12(9-11)26-3)16(19)18(23)27-8-7-25-2/h4-6,9,14,16,24H,7-8,10H2,1-3H3,(H2,20,21,22). The van der Waals surface area contributed by atoms with Gasteiger partial charge >= 0.3 is 5.97 Å². The number of nitrogens with one attached hydrogen (secondary N) is 2. The summed E-state index contributed by atoms with van der Waals surface area (Å²) in [6.07, 6.45) is 0.131. The van der Waals surface area contributed by atoms with Crippen molar-refractivity contribution >= 4 is 5.97 Å². The van der Waals surface area contributed by atoms with Crippen molar-refractivity contribution < 1.29 is 24.1 Å². The van der Waals surface area contributed by atoms with E-state index >= 15 is 0 Å². The van der Waals surface area contributed by atoms with Crippen molar-refractivity contribution in [2.24, 2.45) is 5.92 Å². The Morgan fingerprint density at radius 2 is 2.07 bits per heavy atom. The summed E-state index contributed by atoms with van der Waals surface area (Å²) in [6, 6.07) is 7.13. The largest absolute Gasteiger partial charge is 0.497 e. The number of esters is 1. The molecule has 146 valence electrons. The second kappa shape index (κ2) is 7.58. The van der Waals surface area contributed by atoms with Gasteiger partial charge in [-0.1, -0.05) is 12.1 Å². The first-order valence-electron chi connectivity index (χ1n) is 8.70. The third-order valence-corrected chi connectivity index (χ3v) is 4.98. The van der Waals surface area contributed by atoms with E-state index in [0.29, 0.717) is 22.6 Å². The summed E-state index contributed by atoms with van der Waals surface area (Å²) in [5.41, 5.74) is -0.0182. The Morgan fingerprint density at radius 1 is 1.30 bits per heavy atom. The predicted molar refractivity (Wildman–Crippen MR) is 96.9 cm³/mol. The predicted octanol–water partition coefficient (Wildman–Crippen LogP) is 0.956. The molecule has 0 fully saturated rings. The number of rotatable bonds is 6. The quantitative estimate of drug-likeness (QED) is 0.511. The van der Waals surface area contributed by atoms with Crippen LogP contribution in [0.25, 0.3) is 0 Å². The van der Waals surface area contributed by atoms with Crippen LogP contribution in [-0.4, -0.2) is 54.3 Å². The van der Waals surface area contributed by atoms with E-state index in [0.717, 1.165) is 0 Å². The van der Waals surface area contributed by atoms with Crippen molar-refractivity contribution in [1.29, 1.82) is 0 Å². The summed E-state index contributed by atoms with van der Waals surface area (Å²) in [5.74, 6) is -1.61. The molecule has 0 aliphatic heterocycles. The SMILES string of the molecule is COCCOC(=O)C1C(c2cccc(OC)c2)c2c([nH][nH]c2=O)CC1(C)O. The molecule has 27 heavy (non-hydrogen) atoms. The molecule has 3 rings (SSSR count). The minimum absolute atomic E-state index is 0.0725. The van der Waals surface area contributed by atoms with Crippen LogP contribution in [-0.2, 0) is 20.7 Å². The monoisotopic (exact) mass is 376 g/mol. The average molecular weight is 376 g/mol. The minimum atomic E-state index is -1.41. The van der Waals surface area contributed by atoms with E-state index in [1.165, 1.54) is 7.11 Å². The van der Waals surface area contributed by atoms with Crippen LogP contribution in [0.4, 0.5) is 0 Å². The molecule has 2 aromatic rings. The molecule has 0 saturated carbocycles. The number of aliphatic hydroxyl groups is 1. The van der Waals surface area contributed by atoms with Crippen LogP contribution in [0.3, 0.4) is 0 Å². The normalized spacial score (nSPS) is 24.3. The van der Waals surface area contributed by atoms with Crippen molar-refractivity contribution in [2.45, 2.75) is 24.9 Å². The Labute approximate surface area is 156 Å². The van der Waals surface area contributed by atoms with Crippen molar-refractivity contribution in [3.05, 3.63) is 51.4 Å². The van der Waals surface area contributed by atoms with Crippen molar-refractivity contribution in [1.82, 2.24) is 10.2 Å². The van der Waals surface area contributed by atoms with Crippen LogP contribution in [0.5, 0.6) is 5.75 Å². The van der Waals surface area contributed by atoms with E-state index in [-0.39, 0.29) is 25.2 Å². The summed E-state index contributed by atoms with van der Waals surface area (Å²) in [6.45, 7) is 1.90. The van der Waals surface area contributed by atoms with Gasteiger partial charge in [0.05, 0.1) is 25.2 Å². The third kappa shape index (κ3) is 3.63. The van der Waals surface area contributed by atoms with Crippen LogP contribution in [0.1, 0.15) is 29.7 Å². The van der Waals surface area contributed by atoms with E-state index in [1.807, 2.05) is 0 Å². The van der Waals surface area contributed by atoms with E-state index in [2.05, 4.69) is 10.2 Å². The highest BCUT2D eigenvalue weighted by molar-refractivity contribution is 5.77. The molecule has 1 aliphatic rings. The number of methoxy groups -OCH3 is 2. The maximum atomic E-state index is 12.9. The Bertz CT molecular complexity index is 869. The molecule has 1 aliphatic carbocycles. The molecule has 0 amide bonds. The van der Waals surface area contributed by atoms with Crippen molar-refractivity contribution in [3.8, 4) is 5.75 Å². The molecule has 0 saturated heterocycles. The molecule has 3 atom stereocenters. The van der Waals surface area contributed by atoms with Crippen LogP contribution < -0.4 is 10.3 Å². The van der Waals surface area contributed by atoms with Gasteiger partial charge in [-0.3, -0.25) is 14.7 Å². The maximum absolute atomic E-state index is 12.9. The average Bonchev–Trinajstić information content (AvgIpc) is 2.99. The zero-order valence-electron chi connectivity index (χ0n) is 15.6. The lowest BCUT2D eigenvalue weighted by molar-refractivity contribution is -0.161. The lowest BCUT2D eigenvalue weighted by atomic mass is 9.66. The fourth-order valence-corrected chi connectivity index (χ4v) is 3.77. The molecule has 8 heteroatoms. The second-order valence-corrected chi connectivity index (χ2v) is 6.90. The number of carbonyl (C=O) groups is 1. The Balaban J connectivity index is 2.11. The number of benzene rings is 1. The molecule has 3 N–H and O–H groups in total. The van der Waals surface area contributed by atoms with E-state index in [4.69, 9.17) is 14.2 Å². The van der Waals surface area contributed by atoms with Crippen LogP contribution in [0, 0.1) is 5.92 Å². The minimum Gasteiger partial charge on any atom is -0.497 e. The lowest BCUT2D eigenvalue weighted by Crippen LogP contribution is -2.50. The fraction of sp³-hybridized carbons (Fsp3) is 0.474. The molecule has 1 aromatic carbocycles. The number of ether oxygens (including phenoxy) is 3. The smallest absolute Gasteiger partial charge is 0.312 e. The molecule has 0 bridgehead atoms. The lowest BCUT2D eigenvalue weighted by Gasteiger charge is -2.40. The highest BCUT2D eigenvalue weighted by atomic mass is 16.6. The third-order valence-electron chi connectivity index (χ3n) is 4.98. The molecular formula is C19H24N2O6. The number of carbonyl (C=O) groups excluding carboxylic acids is 1. The zero-order chi connectivity index (χ0) is 19.6. The van der Waals surface area contributed by atoms with Gasteiger partial charge in [-0.25, -0.2) is 0 Å². The Hall–Kier alpha value is -2.58. The summed E-state index contributed by atoms with van der Waals surface area (Å²) < 4.78 is 15.5. The summed E-state index contributed by atoms with van der Waals surface area (Å²) in [4.78, 5) is 25.3. The number of aromatic nitrogens is 2. The molecule has 1 heterocycles. The highest BCUT2D eigenvalue weighted by Crippen LogP contribution is 2.45. The first-order chi connectivity index (χ1) is 12.9. The number of hydrogen-bond acceptors (Lipinski definition) is 6. The number of hydrogen-bond donors (Lipinski definition) is 3. The summed E-state index contributed by atoms with van der Waals surface area (Å²) in [7, 11) is 3.05. The maximum Gasteiger partial charge on any atom is 0.312 e. The molecule has 1 aromatic heterocycles. The van der Waals surface area contributed by atoms with E-state index in [9.17, 15) is 14.7 Å². The highest BCUT2D eigenvalue weighted by Gasteiger charge is 2.51. The van der Waals surface area contributed by atoms with Gasteiger partial charge in [0.15, 0.2) is 0 Å². The van der Waals surface area contributed by atoms with Crippen LogP contribution >= 0.6 is 0 Å². The topological polar surface area (TPSA) is 114 Å². The van der Waals surface area contributed by atoms with Gasteiger partial charge in [0.1, 0.15) is 12.4 Å². The van der Waals surface area contributed by atoms with Gasteiger partial charge in [0.25, 0.3) is 5.56 Å². The van der Waals surface area contributed by atoms with Gasteiger partial charge in [-0.05, 0) is 24.6 Å². The zero-order valence-corrected chi connectivity index (χ0v) is 15.6. The van der Waals surface area contributed by atoms with Gasteiger partial charge in [-0.2, -0.15) is 0 Å². The Kier molecular flexibility index (Phi) is 5.38. The van der Waals surface area contributed by atoms with Crippen molar-refractivity contribution in [3.63, 3.8) is 0 Å². The molecule has 3 unspecified atom stereocenters. The van der Waals surface area contributed by atoms with Crippen molar-refractivity contribution in [2.75, 3.05) is 27.4 Å². The first-order valence-corrected chi connectivity index (χ1v) is 8.70. The molecule has 0 spiro atoms. The summed E-state index contributed by atoms with van der Waals surface area (Å²) >= 11 is 0. The van der Waals surface area contributed by atoms with Crippen LogP contribution in [0.2, 0.25) is 0 Å². The number of fused-ring (bicyclic) bond motifs is 1. The fourth-order valence-electron chi connectivity index (χ4n) is 3.77. The number of aromatic amines is 2. The molecule has 8 nitrogen and oxygen atoms in total. The second-order valence-electron chi connectivity index (χ2n) is 6.90. The van der Waals surface area contributed by atoms with Gasteiger partial charge in [0.2, 0.25) is 0 Å². The van der Waals surface area contributed by atoms with Crippen LogP contribution in [0.15, 0.2) is 29.1 Å². The van der Waals surface area contributed by atoms with Gasteiger partial charge in [-0.15, -0.1) is 0 Å². The molecular weight excluding hydrogens is 352 g/mol. The first kappa shape index (κ1) is 19.2.